The van der Waals surface area contributed by atoms with Crippen molar-refractivity contribution < 1.29 is 4.92 Å². The molecule has 0 bridgehead atoms. The lowest BCUT2D eigenvalue weighted by Crippen LogP contribution is -2.44. The van der Waals surface area contributed by atoms with Crippen molar-refractivity contribution in [1.29, 1.82) is 5.26 Å². The molecule has 1 unspecified atom stereocenters. The third-order valence-corrected chi connectivity index (χ3v) is 3.32. The maximum absolute atomic E-state index is 10.8. The first-order chi connectivity index (χ1) is 9.15. The first kappa shape index (κ1) is 13.2. The molecule has 19 heavy (non-hydrogen) atoms. The summed E-state index contributed by atoms with van der Waals surface area (Å²) in [6, 6.07) is 5.13. The standard InChI is InChI=1S/C12H15N5O2/c1-14-9-3-2-6-16(8-9)12-5-4-11(17(18)19)10(7-13)15-12/h4-5,9,14H,2-3,6,8H2,1H3. The molecular formula is C12H15N5O2. The third kappa shape index (κ3) is 2.80. The van der Waals surface area contributed by atoms with E-state index in [4.69, 9.17) is 5.26 Å². The molecule has 1 saturated heterocycles. The zero-order valence-corrected chi connectivity index (χ0v) is 10.7. The van der Waals surface area contributed by atoms with Crippen LogP contribution in [0.3, 0.4) is 0 Å². The Labute approximate surface area is 111 Å². The number of anilines is 1. The minimum absolute atomic E-state index is 0.130. The fraction of sp³-hybridized carbons (Fsp3) is 0.500. The second kappa shape index (κ2) is 5.63. The van der Waals surface area contributed by atoms with Gasteiger partial charge in [-0.05, 0) is 26.0 Å². The number of nitrogens with zero attached hydrogens (tertiary/aromatic N) is 4. The average Bonchev–Trinajstić information content (AvgIpc) is 2.46. The molecule has 0 aromatic carbocycles. The fourth-order valence-corrected chi connectivity index (χ4v) is 2.27. The summed E-state index contributed by atoms with van der Waals surface area (Å²) in [6.45, 7) is 1.65. The topological polar surface area (TPSA) is 95.1 Å². The molecule has 1 atom stereocenters. The van der Waals surface area contributed by atoms with E-state index in [1.807, 2.05) is 7.05 Å². The molecule has 0 amide bonds. The fourth-order valence-electron chi connectivity index (χ4n) is 2.27. The average molecular weight is 261 g/mol. The van der Waals surface area contributed by atoms with Gasteiger partial charge < -0.3 is 10.2 Å². The molecule has 1 aliphatic heterocycles. The number of likely N-dealkylation sites (N-methyl/N-ethyl adjacent to an activating group) is 1. The highest BCUT2D eigenvalue weighted by Crippen LogP contribution is 2.23. The van der Waals surface area contributed by atoms with Crippen molar-refractivity contribution in [3.05, 3.63) is 27.9 Å². The number of nitrogens with one attached hydrogen (secondary N) is 1. The second-order valence-corrected chi connectivity index (χ2v) is 4.48. The maximum Gasteiger partial charge on any atom is 0.305 e. The van der Waals surface area contributed by atoms with Crippen LogP contribution in [0.5, 0.6) is 0 Å². The molecule has 0 saturated carbocycles. The molecule has 2 heterocycles. The van der Waals surface area contributed by atoms with Gasteiger partial charge in [-0.25, -0.2) is 4.98 Å². The number of pyridine rings is 1. The zero-order valence-electron chi connectivity index (χ0n) is 10.7. The quantitative estimate of drug-likeness (QED) is 0.645. The summed E-state index contributed by atoms with van der Waals surface area (Å²) in [7, 11) is 1.91. The predicted octanol–water partition coefficient (Wildman–Crippen LogP) is 1.05. The van der Waals surface area contributed by atoms with Crippen molar-refractivity contribution in [3.8, 4) is 6.07 Å². The van der Waals surface area contributed by atoms with E-state index in [1.54, 1.807) is 12.1 Å². The lowest BCUT2D eigenvalue weighted by molar-refractivity contribution is -0.385. The van der Waals surface area contributed by atoms with Crippen molar-refractivity contribution in [2.45, 2.75) is 18.9 Å². The van der Waals surface area contributed by atoms with Gasteiger partial charge in [0, 0.05) is 25.2 Å². The van der Waals surface area contributed by atoms with Crippen LogP contribution in [-0.2, 0) is 0 Å². The number of aromatic nitrogens is 1. The smallest absolute Gasteiger partial charge is 0.305 e. The van der Waals surface area contributed by atoms with Gasteiger partial charge in [0.1, 0.15) is 11.9 Å². The van der Waals surface area contributed by atoms with Crippen LogP contribution in [0.2, 0.25) is 0 Å². The lowest BCUT2D eigenvalue weighted by Gasteiger charge is -2.33. The number of nitro groups is 1. The Morgan fingerprint density at radius 2 is 2.42 bits per heavy atom. The van der Waals surface area contributed by atoms with Crippen molar-refractivity contribution in [3.63, 3.8) is 0 Å². The summed E-state index contributed by atoms with van der Waals surface area (Å²) in [5.41, 5.74) is -0.373. The molecule has 0 aliphatic carbocycles. The summed E-state index contributed by atoms with van der Waals surface area (Å²) in [5.74, 6) is 0.627. The SMILES string of the molecule is CNC1CCCN(c2ccc([N+](=O)[O-])c(C#N)n2)C1. The van der Waals surface area contributed by atoms with E-state index >= 15 is 0 Å². The number of piperidine rings is 1. The summed E-state index contributed by atoms with van der Waals surface area (Å²) in [4.78, 5) is 16.3. The van der Waals surface area contributed by atoms with Crippen LogP contribution >= 0.6 is 0 Å². The van der Waals surface area contributed by atoms with Gasteiger partial charge in [-0.15, -0.1) is 0 Å². The highest BCUT2D eigenvalue weighted by Gasteiger charge is 2.22. The van der Waals surface area contributed by atoms with Crippen LogP contribution in [-0.4, -0.2) is 36.1 Å². The summed E-state index contributed by atoms with van der Waals surface area (Å²) < 4.78 is 0. The number of hydrogen-bond donors (Lipinski definition) is 1. The maximum atomic E-state index is 10.8. The first-order valence-electron chi connectivity index (χ1n) is 6.13. The highest BCUT2D eigenvalue weighted by molar-refractivity contribution is 5.51. The predicted molar refractivity (Wildman–Crippen MR) is 69.9 cm³/mol. The monoisotopic (exact) mass is 261 g/mol. The minimum Gasteiger partial charge on any atom is -0.355 e. The van der Waals surface area contributed by atoms with Crippen LogP contribution < -0.4 is 10.2 Å². The Kier molecular flexibility index (Phi) is 3.92. The van der Waals surface area contributed by atoms with Crippen molar-refractivity contribution in [2.24, 2.45) is 0 Å². The number of hydrogen-bond acceptors (Lipinski definition) is 6. The lowest BCUT2D eigenvalue weighted by atomic mass is 10.1. The van der Waals surface area contributed by atoms with Gasteiger partial charge in [0.25, 0.3) is 0 Å². The molecule has 7 heteroatoms. The van der Waals surface area contributed by atoms with Crippen LogP contribution in [0.4, 0.5) is 11.5 Å². The molecule has 0 spiro atoms. The summed E-state index contributed by atoms with van der Waals surface area (Å²) in [6.07, 6.45) is 2.14. The summed E-state index contributed by atoms with van der Waals surface area (Å²) >= 11 is 0. The van der Waals surface area contributed by atoms with Crippen LogP contribution in [0, 0.1) is 21.4 Å². The Bertz CT molecular complexity index is 525. The molecule has 7 nitrogen and oxygen atoms in total. The first-order valence-corrected chi connectivity index (χ1v) is 6.13. The molecule has 1 fully saturated rings. The largest absolute Gasteiger partial charge is 0.355 e. The van der Waals surface area contributed by atoms with Crippen LogP contribution in [0.25, 0.3) is 0 Å². The molecule has 1 aromatic rings. The van der Waals surface area contributed by atoms with Crippen molar-refractivity contribution >= 4 is 11.5 Å². The molecule has 0 radical (unpaired) electrons. The summed E-state index contributed by atoms with van der Waals surface area (Å²) in [5, 5.41) is 22.9. The van der Waals surface area contributed by atoms with Gasteiger partial charge >= 0.3 is 5.69 Å². The molecule has 2 rings (SSSR count). The molecule has 100 valence electrons. The van der Waals surface area contributed by atoms with Gasteiger partial charge in [0.2, 0.25) is 5.69 Å². The molecule has 1 aliphatic rings. The van der Waals surface area contributed by atoms with E-state index in [-0.39, 0.29) is 11.4 Å². The molecule has 1 aromatic heterocycles. The second-order valence-electron chi connectivity index (χ2n) is 4.48. The number of rotatable bonds is 3. The van der Waals surface area contributed by atoms with Gasteiger partial charge in [0.05, 0.1) is 4.92 Å². The van der Waals surface area contributed by atoms with E-state index in [0.29, 0.717) is 11.9 Å². The van der Waals surface area contributed by atoms with E-state index in [2.05, 4.69) is 15.2 Å². The Hall–Kier alpha value is -2.20. The normalized spacial score (nSPS) is 18.9. The van der Waals surface area contributed by atoms with E-state index in [1.165, 1.54) is 6.07 Å². The van der Waals surface area contributed by atoms with Gasteiger partial charge in [-0.1, -0.05) is 0 Å². The van der Waals surface area contributed by atoms with Crippen molar-refractivity contribution in [2.75, 3.05) is 25.0 Å². The van der Waals surface area contributed by atoms with Gasteiger partial charge in [-0.2, -0.15) is 5.26 Å². The van der Waals surface area contributed by atoms with E-state index in [9.17, 15) is 10.1 Å². The van der Waals surface area contributed by atoms with E-state index in [0.717, 1.165) is 25.9 Å². The number of nitriles is 1. The van der Waals surface area contributed by atoms with Crippen molar-refractivity contribution in [1.82, 2.24) is 10.3 Å². The Balaban J connectivity index is 2.26. The zero-order chi connectivity index (χ0) is 13.8. The van der Waals surface area contributed by atoms with E-state index < -0.39 is 4.92 Å². The van der Waals surface area contributed by atoms with Gasteiger partial charge in [-0.3, -0.25) is 10.1 Å². The highest BCUT2D eigenvalue weighted by atomic mass is 16.6. The molecular weight excluding hydrogens is 246 g/mol. The Morgan fingerprint density at radius 1 is 1.63 bits per heavy atom. The third-order valence-electron chi connectivity index (χ3n) is 3.32. The van der Waals surface area contributed by atoms with Crippen LogP contribution in [0.15, 0.2) is 12.1 Å². The van der Waals surface area contributed by atoms with Crippen LogP contribution in [0.1, 0.15) is 18.5 Å². The Morgan fingerprint density at radius 3 is 3.05 bits per heavy atom. The molecule has 1 N–H and O–H groups in total. The minimum atomic E-state index is -0.581. The van der Waals surface area contributed by atoms with Gasteiger partial charge in [0.15, 0.2) is 0 Å².